The molecule has 0 heterocycles. The summed E-state index contributed by atoms with van der Waals surface area (Å²) < 4.78 is 13.3. The molecule has 0 bridgehead atoms. The van der Waals surface area contributed by atoms with Gasteiger partial charge in [-0.25, -0.2) is 14.4 Å². The van der Waals surface area contributed by atoms with Crippen molar-refractivity contribution in [1.29, 1.82) is 0 Å². The van der Waals surface area contributed by atoms with Gasteiger partial charge in [-0.1, -0.05) is 19.7 Å². The van der Waals surface area contributed by atoms with Crippen molar-refractivity contribution < 1.29 is 28.6 Å². The number of ether oxygens (including phenoxy) is 3. The Morgan fingerprint density at radius 1 is 0.913 bits per heavy atom. The lowest BCUT2D eigenvalue weighted by Crippen LogP contribution is -2.03. The Morgan fingerprint density at radius 3 is 1.39 bits per heavy atom. The predicted octanol–water partition coefficient (Wildman–Crippen LogP) is 3.02. The highest BCUT2D eigenvalue weighted by molar-refractivity contribution is 5.87. The molecular weight excluding hydrogens is 324 g/mol. The Morgan fingerprint density at radius 2 is 1.30 bits per heavy atom. The SMILES string of the molecule is C=C(C)C(=O)OC.C=C(C)C(=O)OCC.C=CC(=O)OCC.Cl. The average molecular weight is 351 g/mol. The van der Waals surface area contributed by atoms with Crippen molar-refractivity contribution >= 4 is 30.3 Å². The summed E-state index contributed by atoms with van der Waals surface area (Å²) in [5.74, 6) is -1.02. The van der Waals surface area contributed by atoms with Crippen LogP contribution in [0.4, 0.5) is 0 Å². The number of carbonyl (C=O) groups excluding carboxylic acids is 3. The van der Waals surface area contributed by atoms with Crippen LogP contribution in [0.15, 0.2) is 37.0 Å². The first-order valence-corrected chi connectivity index (χ1v) is 6.53. The molecule has 0 saturated carbocycles. The van der Waals surface area contributed by atoms with Crippen LogP contribution in [0.25, 0.3) is 0 Å². The second kappa shape index (κ2) is 19.9. The van der Waals surface area contributed by atoms with E-state index in [0.717, 1.165) is 6.08 Å². The van der Waals surface area contributed by atoms with Gasteiger partial charge < -0.3 is 14.2 Å². The number of methoxy groups -OCH3 is 1. The van der Waals surface area contributed by atoms with Crippen LogP contribution in [0.2, 0.25) is 0 Å². The fraction of sp³-hybridized carbons (Fsp3) is 0.438. The monoisotopic (exact) mass is 350 g/mol. The molecule has 0 aromatic rings. The zero-order valence-corrected chi connectivity index (χ0v) is 15.3. The van der Waals surface area contributed by atoms with E-state index in [-0.39, 0.29) is 30.3 Å². The van der Waals surface area contributed by atoms with Crippen molar-refractivity contribution in [2.45, 2.75) is 27.7 Å². The van der Waals surface area contributed by atoms with E-state index in [1.165, 1.54) is 7.11 Å². The molecule has 0 atom stereocenters. The number of carbonyl (C=O) groups is 3. The van der Waals surface area contributed by atoms with Crippen molar-refractivity contribution in [2.75, 3.05) is 20.3 Å². The van der Waals surface area contributed by atoms with Gasteiger partial charge in [-0.05, 0) is 27.7 Å². The summed E-state index contributed by atoms with van der Waals surface area (Å²) in [6.45, 7) is 17.5. The van der Waals surface area contributed by atoms with Gasteiger partial charge in [0.1, 0.15) is 0 Å². The Labute approximate surface area is 144 Å². The number of rotatable bonds is 5. The van der Waals surface area contributed by atoms with Crippen molar-refractivity contribution in [1.82, 2.24) is 0 Å². The Balaban J connectivity index is -0.000000116. The highest BCUT2D eigenvalue weighted by Crippen LogP contribution is 1.89. The largest absolute Gasteiger partial charge is 0.466 e. The molecule has 0 fully saturated rings. The minimum atomic E-state index is -0.359. The maximum absolute atomic E-state index is 10.4. The quantitative estimate of drug-likeness (QED) is 0.431. The number of hydrogen-bond donors (Lipinski definition) is 0. The number of hydrogen-bond acceptors (Lipinski definition) is 6. The Hall–Kier alpha value is -2.08. The molecular formula is C16H27ClO6. The normalized spacial score (nSPS) is 7.52. The van der Waals surface area contributed by atoms with Crippen molar-refractivity contribution in [3.63, 3.8) is 0 Å². The lowest BCUT2D eigenvalue weighted by atomic mass is 10.4. The summed E-state index contributed by atoms with van der Waals surface area (Å²) in [6.07, 6.45) is 1.14. The maximum atomic E-state index is 10.4. The van der Waals surface area contributed by atoms with Crippen molar-refractivity contribution in [3.8, 4) is 0 Å². The highest BCUT2D eigenvalue weighted by Gasteiger charge is 1.98. The van der Waals surface area contributed by atoms with Crippen LogP contribution in [0, 0.1) is 0 Å². The third-order valence-electron chi connectivity index (χ3n) is 1.61. The first-order valence-electron chi connectivity index (χ1n) is 6.53. The minimum absolute atomic E-state index is 0. The average Bonchev–Trinajstić information content (AvgIpc) is 2.47. The van der Waals surface area contributed by atoms with Gasteiger partial charge >= 0.3 is 17.9 Å². The first-order chi connectivity index (χ1) is 10.2. The van der Waals surface area contributed by atoms with E-state index in [1.807, 2.05) is 0 Å². The van der Waals surface area contributed by atoms with Crippen LogP contribution in [0.5, 0.6) is 0 Å². The molecule has 0 aliphatic heterocycles. The fourth-order valence-electron chi connectivity index (χ4n) is 0.630. The van der Waals surface area contributed by atoms with E-state index in [9.17, 15) is 14.4 Å². The molecule has 0 aliphatic carbocycles. The Kier molecular flexibility index (Phi) is 25.1. The molecule has 0 amide bonds. The zero-order valence-electron chi connectivity index (χ0n) is 14.5. The van der Waals surface area contributed by atoms with E-state index in [0.29, 0.717) is 24.4 Å². The Bertz CT molecular complexity index is 399. The third kappa shape index (κ3) is 25.2. The topological polar surface area (TPSA) is 78.9 Å². The molecule has 23 heavy (non-hydrogen) atoms. The number of esters is 3. The molecule has 0 aromatic carbocycles. The van der Waals surface area contributed by atoms with Gasteiger partial charge in [0.25, 0.3) is 0 Å². The number of halogens is 1. The fourth-order valence-corrected chi connectivity index (χ4v) is 0.630. The summed E-state index contributed by atoms with van der Waals surface area (Å²) in [6, 6.07) is 0. The molecule has 0 rings (SSSR count). The second-order valence-corrected chi connectivity index (χ2v) is 3.73. The molecule has 0 radical (unpaired) electrons. The van der Waals surface area contributed by atoms with E-state index in [4.69, 9.17) is 0 Å². The van der Waals surface area contributed by atoms with Crippen LogP contribution in [-0.2, 0) is 28.6 Å². The van der Waals surface area contributed by atoms with Crippen LogP contribution in [0.3, 0.4) is 0 Å². The molecule has 0 spiro atoms. The van der Waals surface area contributed by atoms with E-state index >= 15 is 0 Å². The highest BCUT2D eigenvalue weighted by atomic mass is 35.5. The lowest BCUT2D eigenvalue weighted by molar-refractivity contribution is -0.138. The summed E-state index contributed by atoms with van der Waals surface area (Å²) in [5, 5.41) is 0. The van der Waals surface area contributed by atoms with Crippen LogP contribution in [-0.4, -0.2) is 38.2 Å². The van der Waals surface area contributed by atoms with E-state index < -0.39 is 0 Å². The summed E-state index contributed by atoms with van der Waals surface area (Å²) in [5.41, 5.74) is 0.884. The summed E-state index contributed by atoms with van der Waals surface area (Å²) in [4.78, 5) is 30.7. The van der Waals surface area contributed by atoms with Gasteiger partial charge in [-0.2, -0.15) is 0 Å². The smallest absolute Gasteiger partial charge is 0.333 e. The van der Waals surface area contributed by atoms with Crippen LogP contribution < -0.4 is 0 Å². The zero-order chi connectivity index (χ0) is 18.1. The second-order valence-electron chi connectivity index (χ2n) is 3.73. The van der Waals surface area contributed by atoms with E-state index in [2.05, 4.69) is 33.9 Å². The predicted molar refractivity (Wildman–Crippen MR) is 92.4 cm³/mol. The molecule has 0 saturated heterocycles. The summed E-state index contributed by atoms with van der Waals surface area (Å²) in [7, 11) is 1.33. The van der Waals surface area contributed by atoms with Crippen LogP contribution >= 0.6 is 12.4 Å². The van der Waals surface area contributed by atoms with Crippen molar-refractivity contribution in [2.24, 2.45) is 0 Å². The third-order valence-corrected chi connectivity index (χ3v) is 1.61. The van der Waals surface area contributed by atoms with Crippen LogP contribution in [0.1, 0.15) is 27.7 Å². The van der Waals surface area contributed by atoms with Gasteiger partial charge in [0, 0.05) is 17.2 Å². The molecule has 7 heteroatoms. The molecule has 134 valence electrons. The van der Waals surface area contributed by atoms with Crippen molar-refractivity contribution in [3.05, 3.63) is 37.0 Å². The molecule has 6 nitrogen and oxygen atoms in total. The van der Waals surface area contributed by atoms with E-state index in [1.54, 1.807) is 27.7 Å². The standard InChI is InChI=1S/C6H10O2.2C5H8O2.ClH/c1-4-8-6(7)5(2)3;1-4(2)5(6)7-3;1-3-5(6)7-4-2;/h2,4H2,1,3H3;1H2,2-3H3;3H,1,4H2,2H3;1H. The van der Waals surface area contributed by atoms with Gasteiger partial charge in [0.2, 0.25) is 0 Å². The van der Waals surface area contributed by atoms with Gasteiger partial charge in [-0.15, -0.1) is 12.4 Å². The minimum Gasteiger partial charge on any atom is -0.466 e. The van der Waals surface area contributed by atoms with Gasteiger partial charge in [0.05, 0.1) is 20.3 Å². The summed E-state index contributed by atoms with van der Waals surface area (Å²) >= 11 is 0. The van der Waals surface area contributed by atoms with Gasteiger partial charge in [0.15, 0.2) is 0 Å². The van der Waals surface area contributed by atoms with Gasteiger partial charge in [-0.3, -0.25) is 0 Å². The molecule has 0 unspecified atom stereocenters. The lowest BCUT2D eigenvalue weighted by Gasteiger charge is -1.96. The molecule has 0 aliphatic rings. The molecule has 0 aromatic heterocycles. The molecule has 0 N–H and O–H groups in total. The maximum Gasteiger partial charge on any atom is 0.333 e. The first kappa shape index (κ1) is 29.0.